The van der Waals surface area contributed by atoms with Gasteiger partial charge in [0.15, 0.2) is 5.82 Å². The second kappa shape index (κ2) is 3.01. The minimum atomic E-state index is -0.272. The van der Waals surface area contributed by atoms with E-state index in [1.54, 1.807) is 6.92 Å². The van der Waals surface area contributed by atoms with Crippen LogP contribution in [0.25, 0.3) is 11.3 Å². The Morgan fingerprint density at radius 2 is 1.92 bits per heavy atom. The molecule has 0 bridgehead atoms. The standard InChI is InChI=1S/C10H9FN2/c1-7-9(11)10(13-12-7)8-5-3-2-4-6-8/h2-6H,1H3,(H,12,13). The van der Waals surface area contributed by atoms with E-state index in [0.29, 0.717) is 11.4 Å². The molecular weight excluding hydrogens is 167 g/mol. The quantitative estimate of drug-likeness (QED) is 0.710. The van der Waals surface area contributed by atoms with Crippen molar-refractivity contribution in [1.29, 1.82) is 0 Å². The molecule has 2 rings (SSSR count). The monoisotopic (exact) mass is 176 g/mol. The predicted molar refractivity (Wildman–Crippen MR) is 48.7 cm³/mol. The Labute approximate surface area is 75.4 Å². The summed E-state index contributed by atoms with van der Waals surface area (Å²) in [6.45, 7) is 1.66. The van der Waals surface area contributed by atoms with Gasteiger partial charge in [-0.15, -0.1) is 0 Å². The SMILES string of the molecule is Cc1[nH]nc(-c2ccccc2)c1F. The number of hydrogen-bond acceptors (Lipinski definition) is 1. The lowest BCUT2D eigenvalue weighted by atomic mass is 10.1. The van der Waals surface area contributed by atoms with Gasteiger partial charge in [0.2, 0.25) is 0 Å². The minimum absolute atomic E-state index is 0.272. The molecule has 66 valence electrons. The number of nitrogens with zero attached hydrogens (tertiary/aromatic N) is 1. The van der Waals surface area contributed by atoms with Gasteiger partial charge in [-0.3, -0.25) is 5.10 Å². The Hall–Kier alpha value is -1.64. The summed E-state index contributed by atoms with van der Waals surface area (Å²) in [7, 11) is 0. The minimum Gasteiger partial charge on any atom is -0.279 e. The van der Waals surface area contributed by atoms with Gasteiger partial charge in [-0.05, 0) is 6.92 Å². The third-order valence-electron chi connectivity index (χ3n) is 1.92. The summed E-state index contributed by atoms with van der Waals surface area (Å²) in [6, 6.07) is 9.27. The van der Waals surface area contributed by atoms with Gasteiger partial charge in [-0.2, -0.15) is 5.10 Å². The number of nitrogens with one attached hydrogen (secondary N) is 1. The second-order valence-electron chi connectivity index (χ2n) is 2.88. The molecule has 0 unspecified atom stereocenters. The van der Waals surface area contributed by atoms with Crippen molar-refractivity contribution in [3.63, 3.8) is 0 Å². The Morgan fingerprint density at radius 3 is 2.46 bits per heavy atom. The number of hydrogen-bond donors (Lipinski definition) is 1. The number of benzene rings is 1. The van der Waals surface area contributed by atoms with Gasteiger partial charge in [0.05, 0.1) is 5.69 Å². The molecule has 0 aliphatic heterocycles. The number of aromatic nitrogens is 2. The van der Waals surface area contributed by atoms with Crippen molar-refractivity contribution < 1.29 is 4.39 Å². The van der Waals surface area contributed by atoms with Crippen LogP contribution in [0.15, 0.2) is 30.3 Å². The number of aromatic amines is 1. The van der Waals surface area contributed by atoms with Crippen LogP contribution in [0.4, 0.5) is 4.39 Å². The normalized spacial score (nSPS) is 10.3. The fraction of sp³-hybridized carbons (Fsp3) is 0.100. The van der Waals surface area contributed by atoms with Crippen molar-refractivity contribution in [1.82, 2.24) is 10.2 Å². The Balaban J connectivity index is 2.53. The Morgan fingerprint density at radius 1 is 1.23 bits per heavy atom. The number of aryl methyl sites for hydroxylation is 1. The summed E-state index contributed by atoms with van der Waals surface area (Å²) < 4.78 is 13.4. The van der Waals surface area contributed by atoms with Gasteiger partial charge in [-0.25, -0.2) is 4.39 Å². The van der Waals surface area contributed by atoms with Gasteiger partial charge >= 0.3 is 0 Å². The fourth-order valence-corrected chi connectivity index (χ4v) is 1.20. The molecule has 1 aromatic carbocycles. The van der Waals surface area contributed by atoms with Gasteiger partial charge in [0, 0.05) is 5.56 Å². The van der Waals surface area contributed by atoms with Gasteiger partial charge in [0.25, 0.3) is 0 Å². The van der Waals surface area contributed by atoms with E-state index in [0.717, 1.165) is 5.56 Å². The lowest BCUT2D eigenvalue weighted by Gasteiger charge is -1.94. The van der Waals surface area contributed by atoms with Gasteiger partial charge in [0.1, 0.15) is 5.69 Å². The van der Waals surface area contributed by atoms with E-state index in [1.165, 1.54) is 0 Å². The Kier molecular flexibility index (Phi) is 1.85. The molecule has 2 aromatic rings. The van der Waals surface area contributed by atoms with Crippen LogP contribution >= 0.6 is 0 Å². The highest BCUT2D eigenvalue weighted by Crippen LogP contribution is 2.20. The van der Waals surface area contributed by atoms with E-state index < -0.39 is 0 Å². The van der Waals surface area contributed by atoms with E-state index in [2.05, 4.69) is 10.2 Å². The van der Waals surface area contributed by atoms with Crippen LogP contribution in [-0.4, -0.2) is 10.2 Å². The van der Waals surface area contributed by atoms with Crippen molar-refractivity contribution >= 4 is 0 Å². The first-order valence-corrected chi connectivity index (χ1v) is 4.05. The molecule has 0 atom stereocenters. The van der Waals surface area contributed by atoms with E-state index >= 15 is 0 Å². The van der Waals surface area contributed by atoms with Gasteiger partial charge in [-0.1, -0.05) is 30.3 Å². The van der Waals surface area contributed by atoms with E-state index in [9.17, 15) is 4.39 Å². The maximum absolute atomic E-state index is 13.4. The molecule has 1 N–H and O–H groups in total. The van der Waals surface area contributed by atoms with E-state index in [4.69, 9.17) is 0 Å². The molecule has 0 fully saturated rings. The lowest BCUT2D eigenvalue weighted by molar-refractivity contribution is 0.622. The highest BCUT2D eigenvalue weighted by Gasteiger charge is 2.10. The van der Waals surface area contributed by atoms with Crippen LogP contribution in [-0.2, 0) is 0 Å². The molecule has 0 radical (unpaired) electrons. The molecule has 13 heavy (non-hydrogen) atoms. The maximum Gasteiger partial charge on any atom is 0.171 e. The Bertz CT molecular complexity index is 406. The maximum atomic E-state index is 13.4. The molecule has 0 aliphatic carbocycles. The summed E-state index contributed by atoms with van der Waals surface area (Å²) in [5.74, 6) is -0.272. The summed E-state index contributed by atoms with van der Waals surface area (Å²) >= 11 is 0. The molecule has 3 heteroatoms. The van der Waals surface area contributed by atoms with Crippen LogP contribution in [0, 0.1) is 12.7 Å². The molecule has 0 saturated heterocycles. The number of halogens is 1. The highest BCUT2D eigenvalue weighted by atomic mass is 19.1. The fourth-order valence-electron chi connectivity index (χ4n) is 1.20. The lowest BCUT2D eigenvalue weighted by Crippen LogP contribution is -1.80. The topological polar surface area (TPSA) is 28.7 Å². The predicted octanol–water partition coefficient (Wildman–Crippen LogP) is 2.52. The molecule has 0 saturated carbocycles. The average Bonchev–Trinajstić information content (AvgIpc) is 2.49. The van der Waals surface area contributed by atoms with Crippen molar-refractivity contribution in [2.45, 2.75) is 6.92 Å². The van der Waals surface area contributed by atoms with Crippen molar-refractivity contribution in [3.8, 4) is 11.3 Å². The largest absolute Gasteiger partial charge is 0.279 e. The molecule has 0 aliphatic rings. The first-order chi connectivity index (χ1) is 6.29. The van der Waals surface area contributed by atoms with Crippen molar-refractivity contribution in [3.05, 3.63) is 41.8 Å². The molecular formula is C10H9FN2. The summed E-state index contributed by atoms with van der Waals surface area (Å²) in [4.78, 5) is 0. The number of rotatable bonds is 1. The van der Waals surface area contributed by atoms with Crippen LogP contribution in [0.5, 0.6) is 0 Å². The smallest absolute Gasteiger partial charge is 0.171 e. The molecule has 0 amide bonds. The van der Waals surface area contributed by atoms with E-state index in [-0.39, 0.29) is 5.82 Å². The third-order valence-corrected chi connectivity index (χ3v) is 1.92. The zero-order valence-corrected chi connectivity index (χ0v) is 7.21. The van der Waals surface area contributed by atoms with Crippen LogP contribution < -0.4 is 0 Å². The molecule has 1 heterocycles. The van der Waals surface area contributed by atoms with Crippen LogP contribution in [0.1, 0.15) is 5.69 Å². The zero-order chi connectivity index (χ0) is 9.26. The van der Waals surface area contributed by atoms with Crippen LogP contribution in [0.2, 0.25) is 0 Å². The summed E-state index contributed by atoms with van der Waals surface area (Å²) in [5, 5.41) is 6.50. The van der Waals surface area contributed by atoms with Crippen LogP contribution in [0.3, 0.4) is 0 Å². The summed E-state index contributed by atoms with van der Waals surface area (Å²) in [5.41, 5.74) is 1.65. The van der Waals surface area contributed by atoms with Crippen molar-refractivity contribution in [2.24, 2.45) is 0 Å². The van der Waals surface area contributed by atoms with E-state index in [1.807, 2.05) is 30.3 Å². The highest BCUT2D eigenvalue weighted by molar-refractivity contribution is 5.59. The van der Waals surface area contributed by atoms with Gasteiger partial charge < -0.3 is 0 Å². The average molecular weight is 176 g/mol. The first-order valence-electron chi connectivity index (χ1n) is 4.05. The number of H-pyrrole nitrogens is 1. The summed E-state index contributed by atoms with van der Waals surface area (Å²) in [6.07, 6.45) is 0. The first kappa shape index (κ1) is 7.98. The van der Waals surface area contributed by atoms with Crippen molar-refractivity contribution in [2.75, 3.05) is 0 Å². The zero-order valence-electron chi connectivity index (χ0n) is 7.21. The molecule has 2 nitrogen and oxygen atoms in total. The molecule has 0 spiro atoms. The second-order valence-corrected chi connectivity index (χ2v) is 2.88. The third kappa shape index (κ3) is 1.33. The molecule has 1 aromatic heterocycles.